The second kappa shape index (κ2) is 6.10. The summed E-state index contributed by atoms with van der Waals surface area (Å²) in [6.07, 6.45) is 1.14. The van der Waals surface area contributed by atoms with Crippen molar-refractivity contribution in [2.45, 2.75) is 33.4 Å². The van der Waals surface area contributed by atoms with Crippen molar-refractivity contribution in [2.75, 3.05) is 23.3 Å². The van der Waals surface area contributed by atoms with E-state index in [1.54, 1.807) is 0 Å². The SMILES string of the molecule is CCn1nc(C)c(Br)c1CN1CCCNc2ccccc21. The Morgan fingerprint density at radius 3 is 2.95 bits per heavy atom. The standard InChI is InChI=1S/C16H21BrN4/c1-3-21-15(16(17)12(2)19-21)11-20-10-6-9-18-13-7-4-5-8-14(13)20/h4-5,7-8,18H,3,6,9-11H2,1-2H3. The Morgan fingerprint density at radius 1 is 1.33 bits per heavy atom. The Balaban J connectivity index is 1.95. The number of rotatable bonds is 3. The van der Waals surface area contributed by atoms with Gasteiger partial charge in [-0.2, -0.15) is 5.10 Å². The molecule has 3 rings (SSSR count). The molecule has 4 nitrogen and oxygen atoms in total. The smallest absolute Gasteiger partial charge is 0.0739 e. The Kier molecular flexibility index (Phi) is 4.19. The summed E-state index contributed by atoms with van der Waals surface area (Å²) in [4.78, 5) is 2.45. The molecule has 0 unspecified atom stereocenters. The zero-order valence-corrected chi connectivity index (χ0v) is 14.2. The van der Waals surface area contributed by atoms with Crippen LogP contribution in [-0.4, -0.2) is 22.9 Å². The first-order chi connectivity index (χ1) is 10.2. The maximum Gasteiger partial charge on any atom is 0.0739 e. The van der Waals surface area contributed by atoms with Gasteiger partial charge in [-0.3, -0.25) is 4.68 Å². The summed E-state index contributed by atoms with van der Waals surface area (Å²) in [5, 5.41) is 8.11. The molecule has 0 aliphatic carbocycles. The number of aryl methyl sites for hydroxylation is 2. The van der Waals surface area contributed by atoms with Crippen LogP contribution >= 0.6 is 15.9 Å². The highest BCUT2D eigenvalue weighted by Crippen LogP contribution is 2.31. The third kappa shape index (κ3) is 2.79. The molecule has 112 valence electrons. The summed E-state index contributed by atoms with van der Waals surface area (Å²) < 4.78 is 3.24. The zero-order valence-electron chi connectivity index (χ0n) is 12.6. The molecule has 0 saturated heterocycles. The molecule has 1 aromatic carbocycles. The van der Waals surface area contributed by atoms with Crippen molar-refractivity contribution in [2.24, 2.45) is 0 Å². The number of nitrogens with zero attached hydrogens (tertiary/aromatic N) is 3. The molecule has 1 aliphatic heterocycles. The Labute approximate surface area is 134 Å². The minimum absolute atomic E-state index is 0.883. The van der Waals surface area contributed by atoms with Gasteiger partial charge in [-0.1, -0.05) is 12.1 Å². The molecule has 0 spiro atoms. The highest BCUT2D eigenvalue weighted by Gasteiger charge is 2.19. The van der Waals surface area contributed by atoms with Gasteiger partial charge in [0.2, 0.25) is 0 Å². The molecule has 0 atom stereocenters. The number of fused-ring (bicyclic) bond motifs is 1. The highest BCUT2D eigenvalue weighted by atomic mass is 79.9. The number of hydrogen-bond donors (Lipinski definition) is 1. The van der Waals surface area contributed by atoms with Crippen LogP contribution in [0.5, 0.6) is 0 Å². The topological polar surface area (TPSA) is 33.1 Å². The molecule has 21 heavy (non-hydrogen) atoms. The van der Waals surface area contributed by atoms with Crippen LogP contribution in [0.3, 0.4) is 0 Å². The van der Waals surface area contributed by atoms with Crippen LogP contribution in [-0.2, 0) is 13.1 Å². The quantitative estimate of drug-likeness (QED) is 0.915. The average molecular weight is 349 g/mol. The van der Waals surface area contributed by atoms with Crippen molar-refractivity contribution < 1.29 is 0 Å². The van der Waals surface area contributed by atoms with Crippen LogP contribution in [0.15, 0.2) is 28.7 Å². The molecule has 2 aromatic rings. The fraction of sp³-hybridized carbons (Fsp3) is 0.438. The van der Waals surface area contributed by atoms with Crippen molar-refractivity contribution in [3.05, 3.63) is 40.1 Å². The third-order valence-corrected chi connectivity index (χ3v) is 4.99. The van der Waals surface area contributed by atoms with E-state index in [4.69, 9.17) is 0 Å². The first-order valence-corrected chi connectivity index (χ1v) is 8.29. The lowest BCUT2D eigenvalue weighted by atomic mass is 10.2. The van der Waals surface area contributed by atoms with E-state index in [-0.39, 0.29) is 0 Å². The maximum atomic E-state index is 4.60. The van der Waals surface area contributed by atoms with Gasteiger partial charge < -0.3 is 10.2 Å². The maximum absolute atomic E-state index is 4.60. The minimum Gasteiger partial charge on any atom is -0.383 e. The van der Waals surface area contributed by atoms with Gasteiger partial charge in [0, 0.05) is 19.6 Å². The van der Waals surface area contributed by atoms with Gasteiger partial charge in [0.05, 0.1) is 33.8 Å². The van der Waals surface area contributed by atoms with Crippen molar-refractivity contribution in [1.82, 2.24) is 9.78 Å². The normalized spacial score (nSPS) is 14.5. The summed E-state index contributed by atoms with van der Waals surface area (Å²) in [5.74, 6) is 0. The number of anilines is 2. The number of aromatic nitrogens is 2. The zero-order chi connectivity index (χ0) is 14.8. The lowest BCUT2D eigenvalue weighted by Crippen LogP contribution is -2.25. The minimum atomic E-state index is 0.883. The third-order valence-electron chi connectivity index (χ3n) is 3.96. The fourth-order valence-electron chi connectivity index (χ4n) is 2.88. The Morgan fingerprint density at radius 2 is 2.14 bits per heavy atom. The molecule has 0 saturated carbocycles. The van der Waals surface area contributed by atoms with Gasteiger partial charge in [-0.15, -0.1) is 0 Å². The molecule has 1 aromatic heterocycles. The fourth-order valence-corrected chi connectivity index (χ4v) is 3.29. The van der Waals surface area contributed by atoms with Gasteiger partial charge in [0.15, 0.2) is 0 Å². The second-order valence-corrected chi connectivity index (χ2v) is 6.17. The molecule has 2 heterocycles. The summed E-state index contributed by atoms with van der Waals surface area (Å²) in [6.45, 7) is 8.06. The van der Waals surface area contributed by atoms with E-state index in [9.17, 15) is 0 Å². The number of para-hydroxylation sites is 2. The molecule has 1 aliphatic rings. The summed E-state index contributed by atoms with van der Waals surface area (Å²) >= 11 is 3.70. The van der Waals surface area contributed by atoms with Crippen LogP contribution in [0.4, 0.5) is 11.4 Å². The lowest BCUT2D eigenvalue weighted by molar-refractivity contribution is 0.603. The number of halogens is 1. The molecule has 0 fully saturated rings. The number of hydrogen-bond acceptors (Lipinski definition) is 3. The average Bonchev–Trinajstić information content (AvgIpc) is 2.67. The molecule has 0 amide bonds. The Hall–Kier alpha value is -1.49. The second-order valence-electron chi connectivity index (χ2n) is 5.38. The summed E-state index contributed by atoms with van der Waals surface area (Å²) in [6, 6.07) is 8.55. The lowest BCUT2D eigenvalue weighted by Gasteiger charge is -2.25. The van der Waals surface area contributed by atoms with E-state index < -0.39 is 0 Å². The van der Waals surface area contributed by atoms with Gasteiger partial charge in [-0.05, 0) is 48.3 Å². The van der Waals surface area contributed by atoms with Gasteiger partial charge >= 0.3 is 0 Å². The molecule has 0 bridgehead atoms. The van der Waals surface area contributed by atoms with Crippen LogP contribution in [0.25, 0.3) is 0 Å². The van der Waals surface area contributed by atoms with Crippen molar-refractivity contribution in [3.8, 4) is 0 Å². The summed E-state index contributed by atoms with van der Waals surface area (Å²) in [7, 11) is 0. The van der Waals surface area contributed by atoms with Crippen LogP contribution < -0.4 is 10.2 Å². The van der Waals surface area contributed by atoms with Crippen molar-refractivity contribution >= 4 is 27.3 Å². The van der Waals surface area contributed by atoms with Crippen molar-refractivity contribution in [3.63, 3.8) is 0 Å². The largest absolute Gasteiger partial charge is 0.383 e. The van der Waals surface area contributed by atoms with E-state index in [0.717, 1.165) is 42.8 Å². The molecular formula is C16H21BrN4. The molecule has 1 N–H and O–H groups in total. The van der Waals surface area contributed by atoms with E-state index in [1.807, 2.05) is 0 Å². The van der Waals surface area contributed by atoms with E-state index >= 15 is 0 Å². The van der Waals surface area contributed by atoms with E-state index in [1.165, 1.54) is 17.1 Å². The van der Waals surface area contributed by atoms with Gasteiger partial charge in [-0.25, -0.2) is 0 Å². The van der Waals surface area contributed by atoms with Crippen molar-refractivity contribution in [1.29, 1.82) is 0 Å². The van der Waals surface area contributed by atoms with Crippen LogP contribution in [0, 0.1) is 6.92 Å². The summed E-state index contributed by atoms with van der Waals surface area (Å²) in [5.41, 5.74) is 4.83. The monoisotopic (exact) mass is 348 g/mol. The van der Waals surface area contributed by atoms with Crippen LogP contribution in [0.1, 0.15) is 24.7 Å². The first-order valence-electron chi connectivity index (χ1n) is 7.50. The predicted octanol–water partition coefficient (Wildman–Crippen LogP) is 3.80. The van der Waals surface area contributed by atoms with Gasteiger partial charge in [0.25, 0.3) is 0 Å². The van der Waals surface area contributed by atoms with E-state index in [2.05, 4.69) is 74.0 Å². The molecule has 5 heteroatoms. The number of benzene rings is 1. The predicted molar refractivity (Wildman–Crippen MR) is 90.9 cm³/mol. The number of nitrogens with one attached hydrogen (secondary N) is 1. The van der Waals surface area contributed by atoms with Gasteiger partial charge in [0.1, 0.15) is 0 Å². The Bertz CT molecular complexity index is 635. The highest BCUT2D eigenvalue weighted by molar-refractivity contribution is 9.10. The first kappa shape index (κ1) is 14.4. The molecular weight excluding hydrogens is 328 g/mol. The molecule has 0 radical (unpaired) electrons. The van der Waals surface area contributed by atoms with E-state index in [0.29, 0.717) is 0 Å². The van der Waals surface area contributed by atoms with Crippen LogP contribution in [0.2, 0.25) is 0 Å².